The summed E-state index contributed by atoms with van der Waals surface area (Å²) in [5.41, 5.74) is 7.64. The summed E-state index contributed by atoms with van der Waals surface area (Å²) in [6.07, 6.45) is 2.25. The van der Waals surface area contributed by atoms with E-state index in [-0.39, 0.29) is 0 Å². The molecule has 3 heteroatoms. The highest BCUT2D eigenvalue weighted by Crippen LogP contribution is 1.83. The third-order valence-corrected chi connectivity index (χ3v) is 0.785. The lowest BCUT2D eigenvalue weighted by Crippen LogP contribution is -2.22. The summed E-state index contributed by atoms with van der Waals surface area (Å²) in [7, 11) is 0. The van der Waals surface area contributed by atoms with Gasteiger partial charge >= 0.3 is 0 Å². The van der Waals surface area contributed by atoms with Gasteiger partial charge in [-0.05, 0) is 6.42 Å². The molecule has 0 radical (unpaired) electrons. The van der Waals surface area contributed by atoms with Crippen molar-refractivity contribution in [1.82, 2.24) is 5.48 Å². The van der Waals surface area contributed by atoms with E-state index < -0.39 is 0 Å². The smallest absolute Gasteiger partial charge is 0.0682 e. The molecule has 0 aromatic carbocycles. The molecule has 0 spiro atoms. The molecule has 0 fully saturated rings. The molecule has 3 N–H and O–H groups in total. The van der Waals surface area contributed by atoms with Crippen molar-refractivity contribution >= 4 is 0 Å². The second-order valence-electron chi connectivity index (χ2n) is 1.55. The van der Waals surface area contributed by atoms with Gasteiger partial charge in [-0.2, -0.15) is 5.48 Å². The minimum Gasteiger partial charge on any atom is -0.317 e. The molecular formula is C5H14N2O. The predicted molar refractivity (Wildman–Crippen MR) is 33.1 cm³/mol. The molecule has 0 aliphatic heterocycles. The number of hydrogen-bond donors (Lipinski definition) is 2. The van der Waals surface area contributed by atoms with Crippen LogP contribution in [-0.2, 0) is 4.84 Å². The Balaban J connectivity index is 2.53. The molecule has 0 aromatic heterocycles. The van der Waals surface area contributed by atoms with E-state index in [4.69, 9.17) is 10.6 Å². The first-order valence-corrected chi connectivity index (χ1v) is 2.96. The molecule has 0 aromatic rings. The normalized spacial score (nSPS) is 9.75. The topological polar surface area (TPSA) is 47.3 Å². The van der Waals surface area contributed by atoms with E-state index >= 15 is 0 Å². The number of rotatable bonds is 5. The van der Waals surface area contributed by atoms with Crippen LogP contribution in [0.3, 0.4) is 0 Å². The van der Waals surface area contributed by atoms with E-state index in [2.05, 4.69) is 12.4 Å². The van der Waals surface area contributed by atoms with Crippen LogP contribution in [0.1, 0.15) is 19.8 Å². The van der Waals surface area contributed by atoms with E-state index in [9.17, 15) is 0 Å². The summed E-state index contributed by atoms with van der Waals surface area (Å²) in [4.78, 5) is 4.85. The Morgan fingerprint density at radius 1 is 1.62 bits per heavy atom. The first-order chi connectivity index (χ1) is 3.91. The van der Waals surface area contributed by atoms with Crippen LogP contribution in [-0.4, -0.2) is 13.3 Å². The summed E-state index contributed by atoms with van der Waals surface area (Å²) in [6, 6.07) is 0. The Hall–Kier alpha value is -0.120. The van der Waals surface area contributed by atoms with E-state index in [1.807, 2.05) is 0 Å². The maximum Gasteiger partial charge on any atom is 0.0682 e. The maximum atomic E-state index is 5.07. The van der Waals surface area contributed by atoms with Crippen molar-refractivity contribution in [3.05, 3.63) is 0 Å². The minimum absolute atomic E-state index is 0.393. The molecule has 0 saturated heterocycles. The molecular weight excluding hydrogens is 104 g/mol. The van der Waals surface area contributed by atoms with Gasteiger partial charge in [0.15, 0.2) is 0 Å². The van der Waals surface area contributed by atoms with Gasteiger partial charge in [-0.3, -0.25) is 0 Å². The molecule has 0 atom stereocenters. The van der Waals surface area contributed by atoms with Crippen molar-refractivity contribution in [1.29, 1.82) is 0 Å². The number of unbranched alkanes of at least 4 members (excludes halogenated alkanes) is 1. The minimum atomic E-state index is 0.393. The maximum absolute atomic E-state index is 5.07. The van der Waals surface area contributed by atoms with Crippen LogP contribution in [0.2, 0.25) is 0 Å². The van der Waals surface area contributed by atoms with Gasteiger partial charge in [0.1, 0.15) is 0 Å². The lowest BCUT2D eigenvalue weighted by atomic mass is 10.4. The highest BCUT2D eigenvalue weighted by Gasteiger charge is 1.80. The van der Waals surface area contributed by atoms with Crippen LogP contribution in [0.25, 0.3) is 0 Å². The van der Waals surface area contributed by atoms with Crippen LogP contribution < -0.4 is 11.2 Å². The first kappa shape index (κ1) is 7.88. The van der Waals surface area contributed by atoms with Crippen molar-refractivity contribution in [2.45, 2.75) is 19.8 Å². The zero-order valence-electron chi connectivity index (χ0n) is 5.31. The van der Waals surface area contributed by atoms with Crippen LogP contribution in [0.4, 0.5) is 0 Å². The Labute approximate surface area is 50.2 Å². The summed E-state index contributed by atoms with van der Waals surface area (Å²) < 4.78 is 0. The average Bonchev–Trinajstić information content (AvgIpc) is 1.81. The number of hydrogen-bond acceptors (Lipinski definition) is 3. The molecule has 3 nitrogen and oxygen atoms in total. The molecule has 0 unspecified atom stereocenters. The van der Waals surface area contributed by atoms with Gasteiger partial charge in [0.2, 0.25) is 0 Å². The van der Waals surface area contributed by atoms with Gasteiger partial charge in [0.25, 0.3) is 0 Å². The van der Waals surface area contributed by atoms with E-state index in [0.29, 0.717) is 6.67 Å². The van der Waals surface area contributed by atoms with Crippen molar-refractivity contribution in [2.24, 2.45) is 5.73 Å². The molecule has 0 rings (SSSR count). The van der Waals surface area contributed by atoms with Crippen molar-refractivity contribution in [3.8, 4) is 0 Å². The Morgan fingerprint density at radius 3 is 2.88 bits per heavy atom. The molecule has 0 saturated carbocycles. The van der Waals surface area contributed by atoms with Gasteiger partial charge < -0.3 is 10.6 Å². The number of nitrogens with two attached hydrogens (primary N) is 1. The summed E-state index contributed by atoms with van der Waals surface area (Å²) in [5.74, 6) is 0. The Bertz CT molecular complexity index is 35.4. The lowest BCUT2D eigenvalue weighted by molar-refractivity contribution is 0.0410. The average molecular weight is 118 g/mol. The summed E-state index contributed by atoms with van der Waals surface area (Å²) in [5, 5.41) is 0. The molecule has 8 heavy (non-hydrogen) atoms. The fourth-order valence-electron chi connectivity index (χ4n) is 0.348. The van der Waals surface area contributed by atoms with Crippen LogP contribution in [0.15, 0.2) is 0 Å². The summed E-state index contributed by atoms with van der Waals surface area (Å²) >= 11 is 0. The van der Waals surface area contributed by atoms with E-state index in [0.717, 1.165) is 19.4 Å². The fraction of sp³-hybridized carbons (Fsp3) is 1.00. The van der Waals surface area contributed by atoms with Crippen LogP contribution >= 0.6 is 0 Å². The molecule has 50 valence electrons. The van der Waals surface area contributed by atoms with Crippen molar-refractivity contribution in [3.63, 3.8) is 0 Å². The van der Waals surface area contributed by atoms with Gasteiger partial charge in [0, 0.05) is 0 Å². The quantitative estimate of drug-likeness (QED) is 0.308. The lowest BCUT2D eigenvalue weighted by Gasteiger charge is -1.99. The zero-order chi connectivity index (χ0) is 6.24. The SMILES string of the molecule is CCCCONCN. The van der Waals surface area contributed by atoms with Gasteiger partial charge in [0.05, 0.1) is 13.3 Å². The Kier molecular flexibility index (Phi) is 6.78. The molecule has 0 aliphatic carbocycles. The van der Waals surface area contributed by atoms with Gasteiger partial charge in [-0.25, -0.2) is 0 Å². The Morgan fingerprint density at radius 2 is 2.38 bits per heavy atom. The second kappa shape index (κ2) is 6.88. The van der Waals surface area contributed by atoms with Crippen molar-refractivity contribution in [2.75, 3.05) is 13.3 Å². The van der Waals surface area contributed by atoms with E-state index in [1.54, 1.807) is 0 Å². The standard InChI is InChI=1S/C5H14N2O/c1-2-3-4-8-7-5-6/h7H,2-6H2,1H3. The van der Waals surface area contributed by atoms with Crippen LogP contribution in [0, 0.1) is 0 Å². The highest BCUT2D eigenvalue weighted by molar-refractivity contribution is 4.27. The number of hydroxylamine groups is 1. The fourth-order valence-corrected chi connectivity index (χ4v) is 0.348. The summed E-state index contributed by atoms with van der Waals surface area (Å²) in [6.45, 7) is 3.27. The first-order valence-electron chi connectivity index (χ1n) is 2.96. The van der Waals surface area contributed by atoms with Gasteiger partial charge in [-0.1, -0.05) is 13.3 Å². The monoisotopic (exact) mass is 118 g/mol. The number of nitrogens with one attached hydrogen (secondary N) is 1. The zero-order valence-corrected chi connectivity index (χ0v) is 5.31. The predicted octanol–water partition coefficient (Wildman–Crippen LogP) is 0.224. The third kappa shape index (κ3) is 5.88. The molecule has 0 amide bonds. The second-order valence-corrected chi connectivity index (χ2v) is 1.55. The van der Waals surface area contributed by atoms with Crippen LogP contribution in [0.5, 0.6) is 0 Å². The van der Waals surface area contributed by atoms with E-state index in [1.165, 1.54) is 0 Å². The highest BCUT2D eigenvalue weighted by atomic mass is 16.6. The molecule has 0 bridgehead atoms. The molecule has 0 heterocycles. The molecule has 0 aliphatic rings. The third-order valence-electron chi connectivity index (χ3n) is 0.785. The van der Waals surface area contributed by atoms with Gasteiger partial charge in [-0.15, -0.1) is 0 Å². The van der Waals surface area contributed by atoms with Crippen molar-refractivity contribution < 1.29 is 4.84 Å². The largest absolute Gasteiger partial charge is 0.317 e.